The fraction of sp³-hybridized carbons (Fsp3) is 0.333. The highest BCUT2D eigenvalue weighted by atomic mass is 79.9. The van der Waals surface area contributed by atoms with Crippen molar-refractivity contribution in [2.24, 2.45) is 0 Å². The summed E-state index contributed by atoms with van der Waals surface area (Å²) in [5.74, 6) is -0.756. The first-order chi connectivity index (χ1) is 14.7. The fourth-order valence-corrected chi connectivity index (χ4v) is 4.10. The van der Waals surface area contributed by atoms with Crippen molar-refractivity contribution in [3.63, 3.8) is 0 Å². The SMILES string of the molecule is COc1ccc(/C(O)=C2\C(=O)C(=O)N(CCCN(C)C)[C@H]2c2ccc(Br)cc2)c(C)c1. The van der Waals surface area contributed by atoms with Crippen LogP contribution in [0.25, 0.3) is 5.76 Å². The molecule has 1 aliphatic rings. The number of likely N-dealkylation sites (tertiary alicyclic amines) is 1. The molecule has 0 radical (unpaired) electrons. The molecule has 0 aliphatic carbocycles. The summed E-state index contributed by atoms with van der Waals surface area (Å²) in [6, 6.07) is 12.1. The number of ketones is 1. The Kier molecular flexibility index (Phi) is 7.18. The molecule has 0 unspecified atom stereocenters. The van der Waals surface area contributed by atoms with E-state index in [2.05, 4.69) is 15.9 Å². The van der Waals surface area contributed by atoms with E-state index in [9.17, 15) is 14.7 Å². The lowest BCUT2D eigenvalue weighted by Gasteiger charge is -2.26. The van der Waals surface area contributed by atoms with Crippen LogP contribution in [-0.2, 0) is 9.59 Å². The number of carbonyl (C=O) groups excluding carboxylic acids is 2. The maximum absolute atomic E-state index is 13.1. The van der Waals surface area contributed by atoms with Gasteiger partial charge in [-0.2, -0.15) is 0 Å². The first-order valence-corrected chi connectivity index (χ1v) is 10.9. The molecular formula is C24H27BrN2O4. The van der Waals surface area contributed by atoms with Crippen molar-refractivity contribution in [1.29, 1.82) is 0 Å². The summed E-state index contributed by atoms with van der Waals surface area (Å²) in [5.41, 5.74) is 2.16. The number of hydrogen-bond donors (Lipinski definition) is 1. The number of benzene rings is 2. The van der Waals surface area contributed by atoms with Crippen LogP contribution in [0.3, 0.4) is 0 Å². The number of halogens is 1. The Bertz CT molecular complexity index is 1010. The van der Waals surface area contributed by atoms with Crippen molar-refractivity contribution in [1.82, 2.24) is 9.80 Å². The van der Waals surface area contributed by atoms with Crippen LogP contribution in [0.4, 0.5) is 0 Å². The molecule has 1 fully saturated rings. The van der Waals surface area contributed by atoms with Gasteiger partial charge in [-0.25, -0.2) is 0 Å². The van der Waals surface area contributed by atoms with Gasteiger partial charge in [0.05, 0.1) is 18.7 Å². The molecule has 164 valence electrons. The predicted molar refractivity (Wildman–Crippen MR) is 124 cm³/mol. The molecule has 0 saturated carbocycles. The molecule has 1 amide bonds. The van der Waals surface area contributed by atoms with E-state index in [0.717, 1.165) is 22.1 Å². The number of hydrogen-bond acceptors (Lipinski definition) is 5. The van der Waals surface area contributed by atoms with Crippen molar-refractivity contribution in [2.45, 2.75) is 19.4 Å². The molecule has 1 atom stereocenters. The molecule has 1 aliphatic heterocycles. The second-order valence-corrected chi connectivity index (χ2v) is 8.80. The van der Waals surface area contributed by atoms with Crippen LogP contribution in [0.2, 0.25) is 0 Å². The zero-order valence-electron chi connectivity index (χ0n) is 18.2. The highest BCUT2D eigenvalue weighted by molar-refractivity contribution is 9.10. The highest BCUT2D eigenvalue weighted by Crippen LogP contribution is 2.40. The standard InChI is InChI=1S/C24H27BrN2O4/c1-15-14-18(31-4)10-11-19(15)22(28)20-21(16-6-8-17(25)9-7-16)27(24(30)23(20)29)13-5-12-26(2)3/h6-11,14,21,28H,5,12-13H2,1-4H3/b22-20+/t21-/m0/s1. The topological polar surface area (TPSA) is 70.1 Å². The Balaban J connectivity index is 2.11. The van der Waals surface area contributed by atoms with Gasteiger partial charge in [-0.15, -0.1) is 0 Å². The van der Waals surface area contributed by atoms with E-state index < -0.39 is 17.7 Å². The van der Waals surface area contributed by atoms with Crippen LogP contribution in [-0.4, -0.2) is 60.9 Å². The maximum Gasteiger partial charge on any atom is 0.295 e. The third-order valence-corrected chi connectivity index (χ3v) is 5.95. The third kappa shape index (κ3) is 4.83. The van der Waals surface area contributed by atoms with Gasteiger partial charge in [0.1, 0.15) is 11.5 Å². The van der Waals surface area contributed by atoms with E-state index in [1.807, 2.05) is 50.2 Å². The lowest BCUT2D eigenvalue weighted by Crippen LogP contribution is -2.32. The van der Waals surface area contributed by atoms with Crippen molar-refractivity contribution in [2.75, 3.05) is 34.3 Å². The number of Topliss-reactive ketones (excluding diaryl/α,β-unsaturated/α-hetero) is 1. The summed E-state index contributed by atoms with van der Waals surface area (Å²) in [6.45, 7) is 3.04. The van der Waals surface area contributed by atoms with Crippen LogP contribution in [0.15, 0.2) is 52.5 Å². The minimum atomic E-state index is -0.662. The van der Waals surface area contributed by atoms with Gasteiger partial charge in [-0.1, -0.05) is 28.1 Å². The number of nitrogens with zero attached hydrogens (tertiary/aromatic N) is 2. The summed E-state index contributed by atoms with van der Waals surface area (Å²) < 4.78 is 6.14. The van der Waals surface area contributed by atoms with Gasteiger partial charge in [0, 0.05) is 16.6 Å². The fourth-order valence-electron chi connectivity index (χ4n) is 3.83. The molecule has 1 N–H and O–H groups in total. The average molecular weight is 487 g/mol. The minimum Gasteiger partial charge on any atom is -0.507 e. The number of aryl methyl sites for hydroxylation is 1. The molecule has 31 heavy (non-hydrogen) atoms. The predicted octanol–water partition coefficient (Wildman–Crippen LogP) is 4.14. The van der Waals surface area contributed by atoms with E-state index in [1.165, 1.54) is 0 Å². The lowest BCUT2D eigenvalue weighted by atomic mass is 9.94. The first kappa shape index (κ1) is 23.0. The Morgan fingerprint density at radius 2 is 1.84 bits per heavy atom. The van der Waals surface area contributed by atoms with Gasteiger partial charge < -0.3 is 19.6 Å². The van der Waals surface area contributed by atoms with E-state index in [-0.39, 0.29) is 11.3 Å². The number of aliphatic hydroxyl groups is 1. The van der Waals surface area contributed by atoms with Crippen LogP contribution < -0.4 is 4.74 Å². The van der Waals surface area contributed by atoms with E-state index >= 15 is 0 Å². The first-order valence-electron chi connectivity index (χ1n) is 10.1. The van der Waals surface area contributed by atoms with Crippen molar-refractivity contribution >= 4 is 33.4 Å². The van der Waals surface area contributed by atoms with Crippen molar-refractivity contribution < 1.29 is 19.4 Å². The molecule has 6 nitrogen and oxygen atoms in total. The summed E-state index contributed by atoms with van der Waals surface area (Å²) in [7, 11) is 5.50. The van der Waals surface area contributed by atoms with Gasteiger partial charge in [0.15, 0.2) is 0 Å². The molecule has 7 heteroatoms. The smallest absolute Gasteiger partial charge is 0.295 e. The molecular weight excluding hydrogens is 460 g/mol. The number of amides is 1. The Morgan fingerprint density at radius 3 is 2.42 bits per heavy atom. The van der Waals surface area contributed by atoms with Crippen LogP contribution in [0.1, 0.15) is 29.2 Å². The van der Waals surface area contributed by atoms with Gasteiger partial charge in [0.2, 0.25) is 0 Å². The number of aliphatic hydroxyl groups excluding tert-OH is 1. The zero-order valence-corrected chi connectivity index (χ0v) is 19.8. The number of methoxy groups -OCH3 is 1. The number of rotatable bonds is 7. The van der Waals surface area contributed by atoms with Crippen LogP contribution >= 0.6 is 15.9 Å². The normalized spacial score (nSPS) is 18.1. The van der Waals surface area contributed by atoms with Crippen LogP contribution in [0, 0.1) is 6.92 Å². The van der Waals surface area contributed by atoms with Gasteiger partial charge in [0.25, 0.3) is 11.7 Å². The van der Waals surface area contributed by atoms with Crippen molar-refractivity contribution in [3.05, 3.63) is 69.2 Å². The maximum atomic E-state index is 13.1. The highest BCUT2D eigenvalue weighted by Gasteiger charge is 2.45. The van der Waals surface area contributed by atoms with Crippen LogP contribution in [0.5, 0.6) is 5.75 Å². The van der Waals surface area contributed by atoms with E-state index in [1.54, 1.807) is 30.2 Å². The van der Waals surface area contributed by atoms with E-state index in [4.69, 9.17) is 4.74 Å². The molecule has 2 aromatic carbocycles. The summed E-state index contributed by atoms with van der Waals surface area (Å²) in [5, 5.41) is 11.2. The molecule has 0 bridgehead atoms. The Hall–Kier alpha value is -2.64. The third-order valence-electron chi connectivity index (χ3n) is 5.42. The lowest BCUT2D eigenvalue weighted by molar-refractivity contribution is -0.139. The Morgan fingerprint density at radius 1 is 1.16 bits per heavy atom. The average Bonchev–Trinajstić information content (AvgIpc) is 2.98. The van der Waals surface area contributed by atoms with E-state index in [0.29, 0.717) is 24.3 Å². The molecule has 0 spiro atoms. The van der Waals surface area contributed by atoms with Gasteiger partial charge in [-0.3, -0.25) is 9.59 Å². The molecule has 1 saturated heterocycles. The minimum absolute atomic E-state index is 0.116. The summed E-state index contributed by atoms with van der Waals surface area (Å²) in [4.78, 5) is 29.6. The summed E-state index contributed by atoms with van der Waals surface area (Å²) in [6.07, 6.45) is 0.717. The second-order valence-electron chi connectivity index (χ2n) is 7.88. The molecule has 2 aromatic rings. The molecule has 0 aromatic heterocycles. The molecule has 1 heterocycles. The quantitative estimate of drug-likeness (QED) is 0.361. The molecule has 3 rings (SSSR count). The second kappa shape index (κ2) is 9.66. The monoisotopic (exact) mass is 486 g/mol. The van der Waals surface area contributed by atoms with Gasteiger partial charge >= 0.3 is 0 Å². The van der Waals surface area contributed by atoms with Gasteiger partial charge in [-0.05, 0) is 75.4 Å². The zero-order chi connectivity index (χ0) is 22.7. The Labute approximate surface area is 191 Å². The van der Waals surface area contributed by atoms with Crippen molar-refractivity contribution in [3.8, 4) is 5.75 Å². The largest absolute Gasteiger partial charge is 0.507 e. The summed E-state index contributed by atoms with van der Waals surface area (Å²) >= 11 is 3.43. The number of ether oxygens (including phenoxy) is 1. The number of carbonyl (C=O) groups is 2.